The molecule has 0 aliphatic rings. The van der Waals surface area contributed by atoms with Crippen LogP contribution in [0.5, 0.6) is 5.75 Å². The van der Waals surface area contributed by atoms with Crippen molar-refractivity contribution in [3.63, 3.8) is 0 Å². The van der Waals surface area contributed by atoms with E-state index < -0.39 is 0 Å². The summed E-state index contributed by atoms with van der Waals surface area (Å²) in [6.45, 7) is 0.216. The van der Waals surface area contributed by atoms with Crippen LogP contribution in [0.2, 0.25) is 0 Å². The Morgan fingerprint density at radius 2 is 2.00 bits per heavy atom. The van der Waals surface area contributed by atoms with E-state index in [-0.39, 0.29) is 13.4 Å². The molecular formula is C13H14O3. The highest BCUT2D eigenvalue weighted by Crippen LogP contribution is 2.25. The molecule has 0 unspecified atom stereocenters. The molecule has 0 saturated carbocycles. The lowest BCUT2D eigenvalue weighted by molar-refractivity contribution is 0.0511. The van der Waals surface area contributed by atoms with Crippen LogP contribution in [0.15, 0.2) is 36.4 Å². The Bertz CT molecular complexity index is 480. The van der Waals surface area contributed by atoms with Gasteiger partial charge >= 0.3 is 0 Å². The Labute approximate surface area is 94.2 Å². The topological polar surface area (TPSA) is 38.7 Å². The molecule has 0 amide bonds. The molecule has 0 spiro atoms. The van der Waals surface area contributed by atoms with Crippen LogP contribution in [-0.2, 0) is 11.3 Å². The molecule has 0 radical (unpaired) electrons. The van der Waals surface area contributed by atoms with E-state index >= 15 is 0 Å². The van der Waals surface area contributed by atoms with Gasteiger partial charge in [-0.3, -0.25) is 0 Å². The van der Waals surface area contributed by atoms with E-state index in [1.807, 2.05) is 36.4 Å². The standard InChI is InChI=1S/C13H14O3/c1-15-9-16-12-6-10-4-2-3-5-13(10)11(7-12)8-14/h2-7,14H,8-9H2,1H3. The van der Waals surface area contributed by atoms with E-state index in [0.717, 1.165) is 16.3 Å². The second kappa shape index (κ2) is 4.96. The monoisotopic (exact) mass is 218 g/mol. The molecule has 3 nitrogen and oxygen atoms in total. The van der Waals surface area contributed by atoms with Gasteiger partial charge in [-0.15, -0.1) is 0 Å². The van der Waals surface area contributed by atoms with Gasteiger partial charge in [-0.2, -0.15) is 0 Å². The minimum Gasteiger partial charge on any atom is -0.468 e. The Morgan fingerprint density at radius 1 is 1.19 bits per heavy atom. The fourth-order valence-corrected chi connectivity index (χ4v) is 1.70. The SMILES string of the molecule is COCOc1cc(CO)c2ccccc2c1. The molecule has 0 fully saturated rings. The summed E-state index contributed by atoms with van der Waals surface area (Å²) in [5, 5.41) is 11.4. The van der Waals surface area contributed by atoms with Crippen molar-refractivity contribution in [3.05, 3.63) is 42.0 Å². The van der Waals surface area contributed by atoms with Crippen LogP contribution < -0.4 is 4.74 Å². The molecule has 16 heavy (non-hydrogen) atoms. The highest BCUT2D eigenvalue weighted by molar-refractivity contribution is 5.87. The third kappa shape index (κ3) is 2.15. The van der Waals surface area contributed by atoms with E-state index in [9.17, 15) is 5.11 Å². The number of fused-ring (bicyclic) bond motifs is 1. The first-order valence-corrected chi connectivity index (χ1v) is 5.09. The van der Waals surface area contributed by atoms with Crippen LogP contribution in [0, 0.1) is 0 Å². The van der Waals surface area contributed by atoms with Crippen molar-refractivity contribution in [1.82, 2.24) is 0 Å². The molecular weight excluding hydrogens is 204 g/mol. The molecule has 3 heteroatoms. The minimum absolute atomic E-state index is 0.00466. The van der Waals surface area contributed by atoms with E-state index in [2.05, 4.69) is 0 Å². The molecule has 0 heterocycles. The van der Waals surface area contributed by atoms with Gasteiger partial charge in [-0.1, -0.05) is 24.3 Å². The molecule has 2 rings (SSSR count). The first-order valence-electron chi connectivity index (χ1n) is 5.09. The largest absolute Gasteiger partial charge is 0.468 e. The molecule has 84 valence electrons. The van der Waals surface area contributed by atoms with Gasteiger partial charge in [0.1, 0.15) is 5.75 Å². The molecule has 2 aromatic rings. The van der Waals surface area contributed by atoms with E-state index in [0.29, 0.717) is 5.75 Å². The maximum Gasteiger partial charge on any atom is 0.188 e. The van der Waals surface area contributed by atoms with E-state index in [1.54, 1.807) is 7.11 Å². The molecule has 0 bridgehead atoms. The van der Waals surface area contributed by atoms with Crippen LogP contribution in [0.25, 0.3) is 10.8 Å². The van der Waals surface area contributed by atoms with Crippen LogP contribution in [0.3, 0.4) is 0 Å². The van der Waals surface area contributed by atoms with E-state index in [1.165, 1.54) is 0 Å². The minimum atomic E-state index is 0.00466. The number of benzene rings is 2. The summed E-state index contributed by atoms with van der Waals surface area (Å²) in [4.78, 5) is 0. The van der Waals surface area contributed by atoms with Crippen molar-refractivity contribution in [1.29, 1.82) is 0 Å². The van der Waals surface area contributed by atoms with Crippen molar-refractivity contribution in [2.75, 3.05) is 13.9 Å². The number of rotatable bonds is 4. The van der Waals surface area contributed by atoms with Crippen molar-refractivity contribution in [2.45, 2.75) is 6.61 Å². The molecule has 0 aliphatic carbocycles. The number of hydrogen-bond donors (Lipinski definition) is 1. The number of aliphatic hydroxyl groups is 1. The quantitative estimate of drug-likeness (QED) is 0.800. The van der Waals surface area contributed by atoms with Crippen LogP contribution in [0.1, 0.15) is 5.56 Å². The van der Waals surface area contributed by atoms with Crippen LogP contribution in [0.4, 0.5) is 0 Å². The molecule has 0 saturated heterocycles. The summed E-state index contributed by atoms with van der Waals surface area (Å²) in [7, 11) is 1.58. The highest BCUT2D eigenvalue weighted by Gasteiger charge is 2.03. The number of methoxy groups -OCH3 is 1. The summed E-state index contributed by atoms with van der Waals surface area (Å²) < 4.78 is 10.2. The molecule has 1 N–H and O–H groups in total. The Kier molecular flexibility index (Phi) is 3.39. The average Bonchev–Trinajstić information content (AvgIpc) is 2.35. The van der Waals surface area contributed by atoms with Crippen molar-refractivity contribution < 1.29 is 14.6 Å². The normalized spacial score (nSPS) is 10.6. The predicted molar refractivity (Wildman–Crippen MR) is 62.4 cm³/mol. The van der Waals surface area contributed by atoms with Gasteiger partial charge in [0.2, 0.25) is 0 Å². The summed E-state index contributed by atoms with van der Waals surface area (Å²) in [5.41, 5.74) is 0.865. The number of aliphatic hydroxyl groups excluding tert-OH is 1. The first-order chi connectivity index (χ1) is 7.85. The maximum absolute atomic E-state index is 9.30. The lowest BCUT2D eigenvalue weighted by atomic mass is 10.0. The lowest BCUT2D eigenvalue weighted by Gasteiger charge is -2.09. The average molecular weight is 218 g/mol. The zero-order valence-corrected chi connectivity index (χ0v) is 9.14. The fourth-order valence-electron chi connectivity index (χ4n) is 1.70. The Hall–Kier alpha value is -1.58. The molecule has 0 atom stereocenters. The molecule has 0 aromatic heterocycles. The molecule has 0 aliphatic heterocycles. The zero-order chi connectivity index (χ0) is 11.4. The van der Waals surface area contributed by atoms with Gasteiger partial charge in [0.25, 0.3) is 0 Å². The lowest BCUT2D eigenvalue weighted by Crippen LogP contribution is -1.99. The second-order valence-electron chi connectivity index (χ2n) is 3.51. The first kappa shape index (κ1) is 10.9. The summed E-state index contributed by atoms with van der Waals surface area (Å²) in [6.07, 6.45) is 0. The van der Waals surface area contributed by atoms with Crippen molar-refractivity contribution in [2.24, 2.45) is 0 Å². The van der Waals surface area contributed by atoms with Gasteiger partial charge < -0.3 is 14.6 Å². The Balaban J connectivity index is 2.46. The Morgan fingerprint density at radius 3 is 2.75 bits per heavy atom. The summed E-state index contributed by atoms with van der Waals surface area (Å²) in [5.74, 6) is 0.713. The highest BCUT2D eigenvalue weighted by atomic mass is 16.7. The van der Waals surface area contributed by atoms with Crippen LogP contribution >= 0.6 is 0 Å². The zero-order valence-electron chi connectivity index (χ0n) is 9.14. The van der Waals surface area contributed by atoms with Gasteiger partial charge in [-0.25, -0.2) is 0 Å². The fraction of sp³-hybridized carbons (Fsp3) is 0.231. The second-order valence-corrected chi connectivity index (χ2v) is 3.51. The van der Waals surface area contributed by atoms with Gasteiger partial charge in [0.05, 0.1) is 6.61 Å². The number of hydrogen-bond acceptors (Lipinski definition) is 3. The summed E-state index contributed by atoms with van der Waals surface area (Å²) >= 11 is 0. The van der Waals surface area contributed by atoms with E-state index in [4.69, 9.17) is 9.47 Å². The predicted octanol–water partition coefficient (Wildman–Crippen LogP) is 2.31. The maximum atomic E-state index is 9.30. The van der Waals surface area contributed by atoms with Gasteiger partial charge in [0, 0.05) is 7.11 Å². The van der Waals surface area contributed by atoms with Gasteiger partial charge in [-0.05, 0) is 28.5 Å². The third-order valence-electron chi connectivity index (χ3n) is 2.43. The summed E-state index contributed by atoms with van der Waals surface area (Å²) in [6, 6.07) is 11.7. The third-order valence-corrected chi connectivity index (χ3v) is 2.43. The smallest absolute Gasteiger partial charge is 0.188 e. The molecule has 2 aromatic carbocycles. The number of ether oxygens (including phenoxy) is 2. The van der Waals surface area contributed by atoms with Crippen molar-refractivity contribution >= 4 is 10.8 Å². The van der Waals surface area contributed by atoms with Crippen molar-refractivity contribution in [3.8, 4) is 5.75 Å². The van der Waals surface area contributed by atoms with Crippen LogP contribution in [-0.4, -0.2) is 19.0 Å². The van der Waals surface area contributed by atoms with Gasteiger partial charge in [0.15, 0.2) is 6.79 Å².